The number of thioether (sulfide) groups is 1. The molecule has 0 spiro atoms. The molecule has 0 saturated carbocycles. The lowest BCUT2D eigenvalue weighted by atomic mass is 10.0. The summed E-state index contributed by atoms with van der Waals surface area (Å²) in [6.07, 6.45) is 0. The van der Waals surface area contributed by atoms with E-state index in [0.717, 1.165) is 0 Å². The molecule has 2 unspecified atom stereocenters. The Balaban J connectivity index is 1.78. The van der Waals surface area contributed by atoms with Crippen LogP contribution in [0.25, 0.3) is 8.48 Å². The van der Waals surface area contributed by atoms with E-state index in [2.05, 4.69) is 115 Å². The highest BCUT2D eigenvalue weighted by Crippen LogP contribution is 2.52. The number of para-hydroxylation sites is 1. The lowest BCUT2D eigenvalue weighted by molar-refractivity contribution is -0.827. The number of fused-ring (bicyclic) bond motifs is 1. The van der Waals surface area contributed by atoms with E-state index in [9.17, 15) is 0 Å². The average Bonchev–Trinajstić information content (AvgIpc) is 3.08. The predicted molar refractivity (Wildman–Crippen MR) is 117 cm³/mol. The molecule has 2 atom stereocenters. The zero-order valence-corrected chi connectivity index (χ0v) is 16.9. The molecule has 1 aliphatic heterocycles. The number of quaternary nitrogens is 1. The van der Waals surface area contributed by atoms with Crippen LogP contribution in [0.4, 0.5) is 5.69 Å². The summed E-state index contributed by atoms with van der Waals surface area (Å²) in [5, 5.41) is 0.377. The van der Waals surface area contributed by atoms with Crippen LogP contribution in [-0.2, 0) is 0 Å². The molecular weight excluding hydrogens is 437 g/mol. The number of hydrogen-bond acceptors (Lipinski definition) is 1. The van der Waals surface area contributed by atoms with Gasteiger partial charge in [0.05, 0.1) is 7.05 Å². The molecule has 1 heterocycles. The van der Waals surface area contributed by atoms with Gasteiger partial charge in [-0.1, -0.05) is 84.6 Å². The van der Waals surface area contributed by atoms with Crippen LogP contribution in [0.3, 0.4) is 0 Å². The summed E-state index contributed by atoms with van der Waals surface area (Å²) in [4.78, 5) is 2.81. The maximum absolute atomic E-state index is 2.50. The van der Waals surface area contributed by atoms with Gasteiger partial charge in [-0.2, -0.15) is 0 Å². The van der Waals surface area contributed by atoms with E-state index < -0.39 is 0 Å². The molecule has 1 N–H and O–H groups in total. The second-order valence-corrected chi connectivity index (χ2v) is 8.34. The van der Waals surface area contributed by atoms with Crippen LogP contribution in [0.2, 0.25) is 0 Å². The summed E-state index contributed by atoms with van der Waals surface area (Å²) in [5.74, 6) is 0. The lowest BCUT2D eigenvalue weighted by Crippen LogP contribution is -3.03. The van der Waals surface area contributed by atoms with Gasteiger partial charge >= 0.3 is 0 Å². The third-order valence-electron chi connectivity index (χ3n) is 4.57. The van der Waals surface area contributed by atoms with Crippen LogP contribution in [0.15, 0.2) is 84.9 Å². The van der Waals surface area contributed by atoms with Crippen molar-refractivity contribution in [3.8, 4) is 0 Å². The van der Waals surface area contributed by atoms with Crippen molar-refractivity contribution in [2.45, 2.75) is 5.37 Å². The van der Waals surface area contributed by atoms with Gasteiger partial charge in [0.25, 0.3) is 0 Å². The van der Waals surface area contributed by atoms with Gasteiger partial charge in [0.1, 0.15) is 5.69 Å². The first-order valence-electron chi connectivity index (χ1n) is 8.35. The van der Waals surface area contributed by atoms with Crippen LogP contribution in [0.5, 0.6) is 0 Å². The Morgan fingerprint density at radius 1 is 0.840 bits per heavy atom. The molecule has 0 radical (unpaired) electrons. The fourth-order valence-electron chi connectivity index (χ4n) is 3.24. The van der Waals surface area contributed by atoms with Gasteiger partial charge in [-0.3, -0.25) is 4.90 Å². The molecule has 1 nitrogen and oxygen atoms in total. The predicted octanol–water partition coefficient (Wildman–Crippen LogP) is 5.54. The molecule has 0 amide bonds. The van der Waals surface area contributed by atoms with Crippen molar-refractivity contribution >= 4 is 48.5 Å². The summed E-state index contributed by atoms with van der Waals surface area (Å²) in [6, 6.07) is 30.3. The first kappa shape index (κ1) is 16.9. The third-order valence-corrected chi connectivity index (χ3v) is 7.60. The first-order chi connectivity index (χ1) is 12.3. The topological polar surface area (TPSA) is 4.44 Å². The maximum atomic E-state index is 2.50. The van der Waals surface area contributed by atoms with Gasteiger partial charge in [0, 0.05) is 14.0 Å². The standard InChI is InChI=1S/C22H18INS/c1-24(17-12-6-3-7-13-17)22-19-15-9-8-14-18(19)21(25-22)20(23)16-10-4-2-5-11-16/h2-15,22H,1H3/p+1/b21-20+. The van der Waals surface area contributed by atoms with E-state index in [-0.39, 0.29) is 0 Å². The number of benzene rings is 3. The van der Waals surface area contributed by atoms with E-state index in [1.807, 2.05) is 11.8 Å². The molecule has 0 saturated heterocycles. The van der Waals surface area contributed by atoms with E-state index in [1.165, 1.54) is 35.8 Å². The SMILES string of the molecule is C[NH+](c1ccccc1)C1S/C(=C(/I)c2ccccc2)c2ccccc21. The first-order valence-corrected chi connectivity index (χ1v) is 10.3. The van der Waals surface area contributed by atoms with Crippen molar-refractivity contribution in [1.82, 2.24) is 0 Å². The van der Waals surface area contributed by atoms with Crippen LogP contribution in [-0.4, -0.2) is 7.05 Å². The Hall–Kier alpha value is -1.56. The highest BCUT2D eigenvalue weighted by molar-refractivity contribution is 14.1. The molecule has 0 aromatic heterocycles. The minimum absolute atomic E-state index is 0.377. The molecule has 3 aromatic carbocycles. The van der Waals surface area contributed by atoms with Gasteiger partial charge in [0.2, 0.25) is 0 Å². The van der Waals surface area contributed by atoms with Crippen molar-refractivity contribution in [3.05, 3.63) is 102 Å². The molecule has 3 aromatic rings. The Morgan fingerprint density at radius 2 is 1.44 bits per heavy atom. The second-order valence-electron chi connectivity index (χ2n) is 6.14. The van der Waals surface area contributed by atoms with E-state index in [4.69, 9.17) is 0 Å². The molecule has 1 aliphatic rings. The summed E-state index contributed by atoms with van der Waals surface area (Å²) >= 11 is 4.48. The highest BCUT2D eigenvalue weighted by Gasteiger charge is 2.35. The number of rotatable bonds is 3. The molecule has 25 heavy (non-hydrogen) atoms. The van der Waals surface area contributed by atoms with E-state index >= 15 is 0 Å². The average molecular weight is 456 g/mol. The monoisotopic (exact) mass is 456 g/mol. The third kappa shape index (κ3) is 3.28. The minimum Gasteiger partial charge on any atom is -0.290 e. The molecule has 0 fully saturated rings. The largest absolute Gasteiger partial charge is 0.290 e. The summed E-state index contributed by atoms with van der Waals surface area (Å²) in [7, 11) is 2.27. The van der Waals surface area contributed by atoms with Crippen molar-refractivity contribution in [2.24, 2.45) is 0 Å². The summed E-state index contributed by atoms with van der Waals surface area (Å²) in [5.41, 5.74) is 5.42. The van der Waals surface area contributed by atoms with Gasteiger partial charge in [-0.25, -0.2) is 0 Å². The van der Waals surface area contributed by atoms with Crippen LogP contribution in [0, 0.1) is 0 Å². The molecular formula is C22H19INS+. The van der Waals surface area contributed by atoms with Crippen LogP contribution >= 0.6 is 34.4 Å². The van der Waals surface area contributed by atoms with Crippen molar-refractivity contribution < 1.29 is 4.90 Å². The van der Waals surface area contributed by atoms with E-state index in [0.29, 0.717) is 5.37 Å². The minimum atomic E-state index is 0.377. The molecule has 0 bridgehead atoms. The number of hydrogen-bond donors (Lipinski definition) is 1. The second kappa shape index (κ2) is 7.36. The molecule has 4 rings (SSSR count). The lowest BCUT2D eigenvalue weighted by Gasteiger charge is -2.20. The smallest absolute Gasteiger partial charge is 0.169 e. The van der Waals surface area contributed by atoms with Gasteiger partial charge in [-0.05, 0) is 45.9 Å². The summed E-state index contributed by atoms with van der Waals surface area (Å²) < 4.78 is 1.33. The van der Waals surface area contributed by atoms with Gasteiger partial charge in [0.15, 0.2) is 5.37 Å². The normalized spacial score (nSPS) is 19.4. The van der Waals surface area contributed by atoms with Gasteiger partial charge < -0.3 is 0 Å². The maximum Gasteiger partial charge on any atom is 0.169 e. The fraction of sp³-hybridized carbons (Fsp3) is 0.0909. The van der Waals surface area contributed by atoms with Gasteiger partial charge in [-0.15, -0.1) is 0 Å². The quantitative estimate of drug-likeness (QED) is 0.508. The van der Waals surface area contributed by atoms with Crippen molar-refractivity contribution in [3.63, 3.8) is 0 Å². The number of nitrogens with one attached hydrogen (secondary N) is 1. The summed E-state index contributed by atoms with van der Waals surface area (Å²) in [6.45, 7) is 0. The Morgan fingerprint density at radius 3 is 2.16 bits per heavy atom. The highest BCUT2D eigenvalue weighted by atomic mass is 127. The molecule has 124 valence electrons. The van der Waals surface area contributed by atoms with E-state index in [1.54, 1.807) is 0 Å². The number of halogens is 1. The zero-order valence-electron chi connectivity index (χ0n) is 13.9. The van der Waals surface area contributed by atoms with Crippen molar-refractivity contribution in [1.29, 1.82) is 0 Å². The van der Waals surface area contributed by atoms with Crippen LogP contribution in [0.1, 0.15) is 22.1 Å². The Kier molecular flexibility index (Phi) is 4.97. The van der Waals surface area contributed by atoms with Crippen LogP contribution < -0.4 is 4.90 Å². The Bertz CT molecular complexity index is 906. The zero-order chi connectivity index (χ0) is 17.2. The molecule has 0 aliphatic carbocycles. The van der Waals surface area contributed by atoms with Crippen molar-refractivity contribution in [2.75, 3.05) is 7.05 Å². The fourth-order valence-corrected chi connectivity index (χ4v) is 5.68. The Labute approximate surface area is 166 Å². The molecule has 3 heteroatoms.